The van der Waals surface area contributed by atoms with Crippen LogP contribution in [0.15, 0.2) is 0 Å². The monoisotopic (exact) mass is 245 g/mol. The van der Waals surface area contributed by atoms with Crippen LogP contribution < -0.4 is 0 Å². The highest BCUT2D eigenvalue weighted by atomic mass is 16.3. The first-order chi connectivity index (χ1) is 7.86. The maximum absolute atomic E-state index is 10.0. The lowest BCUT2D eigenvalue weighted by Crippen LogP contribution is -2.40. The van der Waals surface area contributed by atoms with E-state index < -0.39 is 0 Å². The van der Waals surface area contributed by atoms with E-state index in [1.165, 1.54) is 0 Å². The summed E-state index contributed by atoms with van der Waals surface area (Å²) in [6.07, 6.45) is 2.70. The van der Waals surface area contributed by atoms with Gasteiger partial charge in [0.05, 0.1) is 12.7 Å². The van der Waals surface area contributed by atoms with E-state index in [-0.39, 0.29) is 18.1 Å². The number of aliphatic hydroxyl groups excluding tert-OH is 2. The van der Waals surface area contributed by atoms with Gasteiger partial charge in [0.2, 0.25) is 0 Å². The summed E-state index contributed by atoms with van der Waals surface area (Å²) in [5.74, 6) is 0. The van der Waals surface area contributed by atoms with Crippen LogP contribution >= 0.6 is 0 Å². The summed E-state index contributed by atoms with van der Waals surface area (Å²) in [5.41, 5.74) is -0.0567. The third kappa shape index (κ3) is 6.39. The third-order valence-electron chi connectivity index (χ3n) is 3.54. The molecule has 0 fully saturated rings. The highest BCUT2D eigenvalue weighted by molar-refractivity contribution is 4.76. The van der Waals surface area contributed by atoms with Crippen molar-refractivity contribution in [3.05, 3.63) is 0 Å². The van der Waals surface area contributed by atoms with Crippen molar-refractivity contribution in [3.63, 3.8) is 0 Å². The second-order valence-electron chi connectivity index (χ2n) is 5.90. The molecular formula is C14H31NO2. The van der Waals surface area contributed by atoms with Crippen LogP contribution in [-0.2, 0) is 0 Å². The Bertz CT molecular complexity index is 185. The van der Waals surface area contributed by atoms with Gasteiger partial charge in [-0.05, 0) is 24.7 Å². The topological polar surface area (TPSA) is 43.7 Å². The Hall–Kier alpha value is -0.120. The molecule has 1 atom stereocenters. The molecule has 0 aromatic carbocycles. The Balaban J connectivity index is 4.26. The minimum absolute atomic E-state index is 0.0567. The summed E-state index contributed by atoms with van der Waals surface area (Å²) in [6, 6.07) is 0.523. The molecule has 0 aliphatic rings. The zero-order chi connectivity index (χ0) is 13.5. The van der Waals surface area contributed by atoms with Gasteiger partial charge >= 0.3 is 0 Å². The second kappa shape index (κ2) is 8.06. The predicted octanol–water partition coefficient (Wildman–Crippen LogP) is 2.27. The van der Waals surface area contributed by atoms with Crippen LogP contribution in [0.5, 0.6) is 0 Å². The van der Waals surface area contributed by atoms with Gasteiger partial charge in [0.25, 0.3) is 0 Å². The van der Waals surface area contributed by atoms with E-state index in [4.69, 9.17) is 5.11 Å². The van der Waals surface area contributed by atoms with Gasteiger partial charge in [-0.15, -0.1) is 0 Å². The standard InChI is InChI=1S/C14H31NO2/c1-6-12(7-2)15(10-11-16)9-8-13(17)14(3,4)5/h12-13,16-17H,6-11H2,1-5H3. The van der Waals surface area contributed by atoms with Gasteiger partial charge in [0, 0.05) is 19.1 Å². The maximum atomic E-state index is 10.0. The van der Waals surface area contributed by atoms with E-state index in [2.05, 4.69) is 39.5 Å². The predicted molar refractivity (Wildman–Crippen MR) is 73.1 cm³/mol. The molecule has 0 aromatic heterocycles. The lowest BCUT2D eigenvalue weighted by Gasteiger charge is -2.33. The van der Waals surface area contributed by atoms with E-state index in [1.807, 2.05) is 0 Å². The van der Waals surface area contributed by atoms with Crippen molar-refractivity contribution in [3.8, 4) is 0 Å². The fraction of sp³-hybridized carbons (Fsp3) is 1.00. The van der Waals surface area contributed by atoms with E-state index in [9.17, 15) is 5.11 Å². The first kappa shape index (κ1) is 16.9. The lowest BCUT2D eigenvalue weighted by atomic mass is 9.87. The van der Waals surface area contributed by atoms with Crippen LogP contribution in [0.1, 0.15) is 53.9 Å². The van der Waals surface area contributed by atoms with E-state index >= 15 is 0 Å². The van der Waals surface area contributed by atoms with Crippen molar-refractivity contribution in [2.45, 2.75) is 66.0 Å². The molecule has 0 radical (unpaired) electrons. The van der Waals surface area contributed by atoms with E-state index in [0.717, 1.165) is 25.8 Å². The number of nitrogens with zero attached hydrogens (tertiary/aromatic N) is 1. The molecule has 0 aliphatic heterocycles. The van der Waals surface area contributed by atoms with Crippen LogP contribution in [0.3, 0.4) is 0 Å². The van der Waals surface area contributed by atoms with Crippen LogP contribution in [-0.4, -0.2) is 47.0 Å². The number of aliphatic hydroxyl groups is 2. The number of hydrogen-bond acceptors (Lipinski definition) is 3. The molecule has 17 heavy (non-hydrogen) atoms. The number of rotatable bonds is 8. The molecule has 1 unspecified atom stereocenters. The van der Waals surface area contributed by atoms with Crippen molar-refractivity contribution in [1.82, 2.24) is 4.90 Å². The van der Waals surface area contributed by atoms with Gasteiger partial charge in [-0.25, -0.2) is 0 Å². The summed E-state index contributed by atoms with van der Waals surface area (Å²) < 4.78 is 0. The van der Waals surface area contributed by atoms with E-state index in [1.54, 1.807) is 0 Å². The second-order valence-corrected chi connectivity index (χ2v) is 5.90. The Morgan fingerprint density at radius 2 is 1.59 bits per heavy atom. The van der Waals surface area contributed by atoms with Crippen LogP contribution in [0.2, 0.25) is 0 Å². The van der Waals surface area contributed by atoms with Gasteiger partial charge in [-0.2, -0.15) is 0 Å². The molecule has 0 bridgehead atoms. The molecule has 0 heterocycles. The Morgan fingerprint density at radius 1 is 1.06 bits per heavy atom. The third-order valence-corrected chi connectivity index (χ3v) is 3.54. The summed E-state index contributed by atoms with van der Waals surface area (Å²) in [6.45, 7) is 12.3. The first-order valence-electron chi connectivity index (χ1n) is 6.89. The summed E-state index contributed by atoms with van der Waals surface area (Å²) >= 11 is 0. The molecule has 2 N–H and O–H groups in total. The Labute approximate surface area is 107 Å². The zero-order valence-corrected chi connectivity index (χ0v) is 12.2. The number of hydrogen-bond donors (Lipinski definition) is 2. The molecule has 3 heteroatoms. The average molecular weight is 245 g/mol. The summed E-state index contributed by atoms with van der Waals surface area (Å²) in [7, 11) is 0. The van der Waals surface area contributed by atoms with Crippen molar-refractivity contribution in [2.75, 3.05) is 19.7 Å². The Kier molecular flexibility index (Phi) is 8.01. The highest BCUT2D eigenvalue weighted by Gasteiger charge is 2.23. The Morgan fingerprint density at radius 3 is 1.94 bits per heavy atom. The van der Waals surface area contributed by atoms with Crippen molar-refractivity contribution in [2.24, 2.45) is 5.41 Å². The molecule has 0 amide bonds. The van der Waals surface area contributed by atoms with Crippen LogP contribution in [0.25, 0.3) is 0 Å². The van der Waals surface area contributed by atoms with Crippen LogP contribution in [0, 0.1) is 5.41 Å². The van der Waals surface area contributed by atoms with E-state index in [0.29, 0.717) is 12.6 Å². The molecule has 104 valence electrons. The van der Waals surface area contributed by atoms with Crippen molar-refractivity contribution in [1.29, 1.82) is 0 Å². The molecular weight excluding hydrogens is 214 g/mol. The van der Waals surface area contributed by atoms with Crippen molar-refractivity contribution >= 4 is 0 Å². The van der Waals surface area contributed by atoms with Crippen LogP contribution in [0.4, 0.5) is 0 Å². The quantitative estimate of drug-likeness (QED) is 0.689. The molecule has 3 nitrogen and oxygen atoms in total. The minimum Gasteiger partial charge on any atom is -0.395 e. The lowest BCUT2D eigenvalue weighted by molar-refractivity contribution is 0.0367. The van der Waals surface area contributed by atoms with Gasteiger partial charge in [-0.3, -0.25) is 4.90 Å². The highest BCUT2D eigenvalue weighted by Crippen LogP contribution is 2.22. The first-order valence-corrected chi connectivity index (χ1v) is 6.89. The summed E-state index contributed by atoms with van der Waals surface area (Å²) in [4.78, 5) is 2.30. The fourth-order valence-corrected chi connectivity index (χ4v) is 2.13. The fourth-order valence-electron chi connectivity index (χ4n) is 2.13. The SMILES string of the molecule is CCC(CC)N(CCO)CCC(O)C(C)(C)C. The summed E-state index contributed by atoms with van der Waals surface area (Å²) in [5, 5.41) is 19.1. The smallest absolute Gasteiger partial charge is 0.0600 e. The van der Waals surface area contributed by atoms with Crippen molar-refractivity contribution < 1.29 is 10.2 Å². The largest absolute Gasteiger partial charge is 0.395 e. The molecule has 0 saturated carbocycles. The molecule has 0 aromatic rings. The van der Waals surface area contributed by atoms with Gasteiger partial charge < -0.3 is 10.2 Å². The zero-order valence-electron chi connectivity index (χ0n) is 12.2. The molecule has 0 spiro atoms. The molecule has 0 rings (SSSR count). The minimum atomic E-state index is -0.280. The molecule has 0 aliphatic carbocycles. The molecule has 0 saturated heterocycles. The normalized spacial score (nSPS) is 14.6. The van der Waals surface area contributed by atoms with Gasteiger partial charge in [0.1, 0.15) is 0 Å². The maximum Gasteiger partial charge on any atom is 0.0600 e. The van der Waals surface area contributed by atoms with Gasteiger partial charge in [0.15, 0.2) is 0 Å². The van der Waals surface area contributed by atoms with Gasteiger partial charge in [-0.1, -0.05) is 34.6 Å². The average Bonchev–Trinajstić information content (AvgIpc) is 2.25.